The Hall–Kier alpha value is -2.73. The lowest BCUT2D eigenvalue weighted by Gasteiger charge is -2.29. The van der Waals surface area contributed by atoms with Crippen molar-refractivity contribution in [2.75, 3.05) is 0 Å². The Kier molecular flexibility index (Phi) is 12.6. The lowest BCUT2D eigenvalue weighted by atomic mass is 9.97. The van der Waals surface area contributed by atoms with E-state index >= 15 is 0 Å². The van der Waals surface area contributed by atoms with Crippen LogP contribution in [0, 0.1) is 17.8 Å². The molecule has 0 unspecified atom stereocenters. The van der Waals surface area contributed by atoms with Crippen LogP contribution in [0.5, 0.6) is 0 Å². The van der Waals surface area contributed by atoms with E-state index in [1.165, 1.54) is 0 Å². The number of hydrogen-bond acceptors (Lipinski definition) is 7. The molecule has 0 spiro atoms. The Morgan fingerprint density at radius 3 is 1.55 bits per heavy atom. The van der Waals surface area contributed by atoms with E-state index < -0.39 is 78.2 Å². The predicted octanol–water partition coefficient (Wildman–Crippen LogP) is -0.954. The lowest BCUT2D eigenvalue weighted by molar-refractivity contribution is -0.147. The topological polar surface area (TPSA) is 208 Å². The number of aliphatic hydroxyl groups is 1. The quantitative estimate of drug-likeness (QED) is 0.165. The molecule has 8 N–H and O–H groups in total. The second-order valence-electron chi connectivity index (χ2n) is 9.20. The van der Waals surface area contributed by atoms with Crippen molar-refractivity contribution in [1.29, 1.82) is 0 Å². The fraction of sp³-hybridized carbons (Fsp3) is 0.762. The molecule has 3 amide bonds. The second-order valence-corrected chi connectivity index (χ2v) is 9.20. The first-order valence-electron chi connectivity index (χ1n) is 10.9. The number of aliphatic carboxylic acids is 2. The molecule has 0 aromatic rings. The molecule has 0 saturated carbocycles. The third-order valence-corrected chi connectivity index (χ3v) is 4.90. The maximum absolute atomic E-state index is 12.9. The molecule has 0 aromatic heterocycles. The molecule has 0 fully saturated rings. The first-order valence-corrected chi connectivity index (χ1v) is 10.9. The summed E-state index contributed by atoms with van der Waals surface area (Å²) in [6.45, 7) is 10.3. The van der Waals surface area contributed by atoms with Crippen LogP contribution in [0.2, 0.25) is 0 Å². The number of carboxylic acid groups (broad SMARTS) is 2. The van der Waals surface area contributed by atoms with Crippen LogP contribution >= 0.6 is 0 Å². The van der Waals surface area contributed by atoms with E-state index in [4.69, 9.17) is 15.9 Å². The van der Waals surface area contributed by atoms with Crippen molar-refractivity contribution in [1.82, 2.24) is 16.0 Å². The second kappa shape index (κ2) is 13.7. The van der Waals surface area contributed by atoms with Crippen LogP contribution in [0.1, 0.15) is 54.4 Å². The molecule has 33 heavy (non-hydrogen) atoms. The fourth-order valence-corrected chi connectivity index (χ4v) is 3.06. The van der Waals surface area contributed by atoms with Gasteiger partial charge < -0.3 is 37.0 Å². The zero-order chi connectivity index (χ0) is 26.0. The van der Waals surface area contributed by atoms with E-state index in [-0.39, 0.29) is 5.92 Å². The van der Waals surface area contributed by atoms with Gasteiger partial charge in [0.05, 0.1) is 6.42 Å². The average Bonchev–Trinajstić information content (AvgIpc) is 2.66. The van der Waals surface area contributed by atoms with Gasteiger partial charge in [-0.1, -0.05) is 41.5 Å². The summed E-state index contributed by atoms with van der Waals surface area (Å²) in [6, 6.07) is -4.80. The highest BCUT2D eigenvalue weighted by molar-refractivity contribution is 5.94. The summed E-state index contributed by atoms with van der Waals surface area (Å²) in [6.07, 6.45) is -1.97. The number of nitrogens with two attached hydrogens (primary N) is 1. The minimum atomic E-state index is -1.67. The van der Waals surface area contributed by atoms with Gasteiger partial charge in [0.15, 0.2) is 0 Å². The largest absolute Gasteiger partial charge is 0.481 e. The maximum Gasteiger partial charge on any atom is 0.326 e. The molecule has 0 radical (unpaired) electrons. The smallest absolute Gasteiger partial charge is 0.326 e. The summed E-state index contributed by atoms with van der Waals surface area (Å²) < 4.78 is 0. The Morgan fingerprint density at radius 1 is 0.758 bits per heavy atom. The highest BCUT2D eigenvalue weighted by Gasteiger charge is 2.34. The van der Waals surface area contributed by atoms with E-state index in [2.05, 4.69) is 16.0 Å². The summed E-state index contributed by atoms with van der Waals surface area (Å²) in [7, 11) is 0. The molecule has 12 nitrogen and oxygen atoms in total. The van der Waals surface area contributed by atoms with Crippen molar-refractivity contribution >= 4 is 29.7 Å². The number of hydrogen-bond donors (Lipinski definition) is 7. The highest BCUT2D eigenvalue weighted by atomic mass is 16.4. The average molecular weight is 475 g/mol. The van der Waals surface area contributed by atoms with Crippen LogP contribution in [-0.2, 0) is 24.0 Å². The molecule has 0 heterocycles. The van der Waals surface area contributed by atoms with Crippen molar-refractivity contribution < 1.29 is 39.3 Å². The minimum absolute atomic E-state index is 0.146. The number of aliphatic hydroxyl groups excluding tert-OH is 1. The minimum Gasteiger partial charge on any atom is -0.481 e. The van der Waals surface area contributed by atoms with Gasteiger partial charge in [-0.25, -0.2) is 4.79 Å². The van der Waals surface area contributed by atoms with Crippen LogP contribution in [0.4, 0.5) is 0 Å². The molecule has 0 saturated heterocycles. The van der Waals surface area contributed by atoms with Crippen LogP contribution in [0.3, 0.4) is 0 Å². The normalized spacial score (nSPS) is 16.0. The molecule has 0 aliphatic rings. The van der Waals surface area contributed by atoms with Gasteiger partial charge in [0.25, 0.3) is 5.91 Å². The molecule has 0 rings (SSSR count). The number of carbonyl (C=O) groups is 5. The van der Waals surface area contributed by atoms with E-state index in [0.29, 0.717) is 6.42 Å². The summed E-state index contributed by atoms with van der Waals surface area (Å²) in [5, 5.41) is 35.2. The van der Waals surface area contributed by atoms with Crippen molar-refractivity contribution in [2.24, 2.45) is 23.5 Å². The molecule has 12 heteroatoms. The van der Waals surface area contributed by atoms with E-state index in [1.807, 2.05) is 13.8 Å². The Balaban J connectivity index is 5.41. The summed E-state index contributed by atoms with van der Waals surface area (Å²) >= 11 is 0. The molecule has 5 atom stereocenters. The molecule has 0 aromatic carbocycles. The number of nitrogens with one attached hydrogen (secondary N) is 3. The van der Waals surface area contributed by atoms with Crippen LogP contribution in [-0.4, -0.2) is 75.3 Å². The van der Waals surface area contributed by atoms with Crippen molar-refractivity contribution in [2.45, 2.75) is 84.7 Å². The molecular formula is C21H38N4O8. The van der Waals surface area contributed by atoms with Crippen LogP contribution in [0.25, 0.3) is 0 Å². The van der Waals surface area contributed by atoms with Crippen LogP contribution < -0.4 is 21.7 Å². The number of carboxylic acids is 2. The van der Waals surface area contributed by atoms with Gasteiger partial charge in [-0.2, -0.15) is 0 Å². The Labute approximate surface area is 193 Å². The van der Waals surface area contributed by atoms with Gasteiger partial charge in [0.2, 0.25) is 11.8 Å². The Morgan fingerprint density at radius 2 is 1.18 bits per heavy atom. The molecule has 190 valence electrons. The molecule has 0 aliphatic carbocycles. The van der Waals surface area contributed by atoms with Crippen LogP contribution in [0.15, 0.2) is 0 Å². The van der Waals surface area contributed by atoms with Gasteiger partial charge in [0, 0.05) is 6.04 Å². The van der Waals surface area contributed by atoms with E-state index in [1.54, 1.807) is 27.7 Å². The zero-order valence-corrected chi connectivity index (χ0v) is 20.0. The maximum atomic E-state index is 12.9. The summed E-state index contributed by atoms with van der Waals surface area (Å²) in [4.78, 5) is 60.0. The van der Waals surface area contributed by atoms with Gasteiger partial charge in [-0.15, -0.1) is 0 Å². The molecular weight excluding hydrogens is 436 g/mol. The van der Waals surface area contributed by atoms with Crippen molar-refractivity contribution in [3.63, 3.8) is 0 Å². The number of amides is 3. The van der Waals surface area contributed by atoms with Gasteiger partial charge in [-0.05, 0) is 24.2 Å². The number of rotatable bonds is 14. The first-order chi connectivity index (χ1) is 15.1. The molecule has 0 bridgehead atoms. The lowest BCUT2D eigenvalue weighted by Crippen LogP contribution is -2.60. The Bertz CT molecular complexity index is 710. The SMILES string of the molecule is CC(C)C[C@@H](N)[C@@H](O)C(=O)N[C@@H](C(=O)N[C@@H](C(=O)N[C@H](CC(=O)O)C(=O)O)C(C)C)C(C)C. The van der Waals surface area contributed by atoms with Gasteiger partial charge in [-0.3, -0.25) is 19.2 Å². The van der Waals surface area contributed by atoms with Crippen molar-refractivity contribution in [3.05, 3.63) is 0 Å². The molecule has 0 aliphatic heterocycles. The van der Waals surface area contributed by atoms with Crippen molar-refractivity contribution in [3.8, 4) is 0 Å². The van der Waals surface area contributed by atoms with Gasteiger partial charge in [0.1, 0.15) is 24.2 Å². The number of carbonyl (C=O) groups excluding carboxylic acids is 3. The third-order valence-electron chi connectivity index (χ3n) is 4.90. The zero-order valence-electron chi connectivity index (χ0n) is 20.0. The van der Waals surface area contributed by atoms with E-state index in [0.717, 1.165) is 0 Å². The standard InChI is InChI=1S/C21H38N4O8/c1-9(2)7-12(22)17(28)20(31)25-16(11(5)6)19(30)24-15(10(3)4)18(29)23-13(21(32)33)8-14(26)27/h9-13,15-17,28H,7-8,22H2,1-6H3,(H,23,29)(H,24,30)(H,25,31)(H,26,27)(H,32,33)/t12-,13-,15-,16-,17-/m1/s1. The first kappa shape index (κ1) is 30.3. The fourth-order valence-electron chi connectivity index (χ4n) is 3.06. The van der Waals surface area contributed by atoms with Gasteiger partial charge >= 0.3 is 11.9 Å². The summed E-state index contributed by atoms with van der Waals surface area (Å²) in [5.41, 5.74) is 5.86. The highest BCUT2D eigenvalue weighted by Crippen LogP contribution is 2.10. The monoisotopic (exact) mass is 474 g/mol. The van der Waals surface area contributed by atoms with E-state index in [9.17, 15) is 29.1 Å². The predicted molar refractivity (Wildman–Crippen MR) is 119 cm³/mol. The summed E-state index contributed by atoms with van der Waals surface area (Å²) in [5.74, 6) is -6.12. The third kappa shape index (κ3) is 10.6.